The molecule has 0 radical (unpaired) electrons. The predicted octanol–water partition coefficient (Wildman–Crippen LogP) is 3.61. The number of nitrogens with zero attached hydrogens (tertiary/aromatic N) is 1. The molecule has 0 saturated carbocycles. The first-order valence-electron chi connectivity index (χ1n) is 12.5. The Labute approximate surface area is 227 Å². The molecule has 0 bridgehead atoms. The highest BCUT2D eigenvalue weighted by Crippen LogP contribution is 2.31. The predicted molar refractivity (Wildman–Crippen MR) is 144 cm³/mol. The summed E-state index contributed by atoms with van der Waals surface area (Å²) in [6.45, 7) is 3.58. The summed E-state index contributed by atoms with van der Waals surface area (Å²) < 4.78 is 19.0. The van der Waals surface area contributed by atoms with Crippen molar-refractivity contribution in [3.8, 4) is 5.75 Å². The Morgan fingerprint density at radius 2 is 1.89 bits per heavy atom. The zero-order chi connectivity index (χ0) is 25.9. The fourth-order valence-corrected chi connectivity index (χ4v) is 4.98. The Balaban J connectivity index is 0.00000336. The lowest BCUT2D eigenvalue weighted by Crippen LogP contribution is -2.49. The Bertz CT molecular complexity index is 1320. The largest absolute Gasteiger partial charge is 0.493 e. The van der Waals surface area contributed by atoms with Gasteiger partial charge in [0, 0.05) is 37.8 Å². The van der Waals surface area contributed by atoms with Crippen LogP contribution in [0.15, 0.2) is 60.7 Å². The quantitative estimate of drug-likeness (QED) is 0.407. The normalized spacial score (nSPS) is 16.8. The third kappa shape index (κ3) is 5.83. The molecule has 0 fully saturated rings. The van der Waals surface area contributed by atoms with Crippen LogP contribution in [-0.2, 0) is 26.1 Å². The van der Waals surface area contributed by atoms with Crippen molar-refractivity contribution < 1.29 is 23.8 Å². The van der Waals surface area contributed by atoms with Gasteiger partial charge in [-0.05, 0) is 59.9 Å². The molecular formula is C29H31ClFN3O4. The number of carbonyl (C=O) groups excluding carboxylic acids is 2. The summed E-state index contributed by atoms with van der Waals surface area (Å²) in [7, 11) is 0. The zero-order valence-corrected chi connectivity index (χ0v) is 21.9. The number of aliphatic hydroxyl groups excluding tert-OH is 1. The van der Waals surface area contributed by atoms with E-state index in [1.54, 1.807) is 29.2 Å². The molecule has 2 amide bonds. The molecule has 0 unspecified atom stereocenters. The second-order valence-corrected chi connectivity index (χ2v) is 9.46. The zero-order valence-electron chi connectivity index (χ0n) is 21.1. The highest BCUT2D eigenvalue weighted by atomic mass is 35.5. The average molecular weight is 540 g/mol. The SMILES string of the molecule is CCOc1cc2c(cc1C(=O)NC[C@@H](O)[C@@H]1Cc3ccccc3CN1)CN(Cc1ccc(F)cc1)C2=O.Cl. The lowest BCUT2D eigenvalue weighted by atomic mass is 9.93. The molecular weight excluding hydrogens is 509 g/mol. The van der Waals surface area contributed by atoms with Crippen LogP contribution in [0, 0.1) is 5.82 Å². The molecule has 2 aliphatic rings. The van der Waals surface area contributed by atoms with Crippen molar-refractivity contribution in [2.75, 3.05) is 13.2 Å². The summed E-state index contributed by atoms with van der Waals surface area (Å²) in [6.07, 6.45) is -0.0857. The van der Waals surface area contributed by atoms with Crippen LogP contribution < -0.4 is 15.4 Å². The molecule has 3 N–H and O–H groups in total. The molecule has 5 rings (SSSR count). The Kier molecular flexibility index (Phi) is 8.66. The standard InChI is InChI=1S/C29H30FN3O4.ClH/c1-2-37-27-13-23-21(17-33(29(23)36)16-18-7-9-22(30)10-8-18)11-24(27)28(35)32-15-26(34)25-12-19-5-3-4-6-20(19)14-31-25;/h3-11,13,25-26,31,34H,2,12,14-17H2,1H3,(H,32,35);1H/t25-,26+;/m0./s1. The number of benzene rings is 3. The van der Waals surface area contributed by atoms with Crippen LogP contribution in [0.4, 0.5) is 4.39 Å². The molecule has 0 aliphatic carbocycles. The molecule has 0 aromatic heterocycles. The second-order valence-electron chi connectivity index (χ2n) is 9.46. The topological polar surface area (TPSA) is 90.9 Å². The van der Waals surface area contributed by atoms with Gasteiger partial charge in [0.15, 0.2) is 0 Å². The van der Waals surface area contributed by atoms with Gasteiger partial charge >= 0.3 is 0 Å². The van der Waals surface area contributed by atoms with Gasteiger partial charge in [-0.3, -0.25) is 9.59 Å². The molecule has 2 heterocycles. The summed E-state index contributed by atoms with van der Waals surface area (Å²) in [5.41, 5.74) is 4.78. The maximum atomic E-state index is 13.3. The fourth-order valence-electron chi connectivity index (χ4n) is 4.98. The maximum absolute atomic E-state index is 13.3. The van der Waals surface area contributed by atoms with Gasteiger partial charge in [0.1, 0.15) is 11.6 Å². The molecule has 7 nitrogen and oxygen atoms in total. The van der Waals surface area contributed by atoms with E-state index in [9.17, 15) is 19.1 Å². The van der Waals surface area contributed by atoms with E-state index in [2.05, 4.69) is 22.8 Å². The highest BCUT2D eigenvalue weighted by Gasteiger charge is 2.31. The third-order valence-corrected chi connectivity index (χ3v) is 6.96. The van der Waals surface area contributed by atoms with Crippen LogP contribution in [0.5, 0.6) is 5.75 Å². The monoisotopic (exact) mass is 539 g/mol. The van der Waals surface area contributed by atoms with Crippen LogP contribution >= 0.6 is 12.4 Å². The number of nitrogens with one attached hydrogen (secondary N) is 2. The lowest BCUT2D eigenvalue weighted by molar-refractivity contribution is 0.0766. The van der Waals surface area contributed by atoms with Crippen LogP contribution in [0.1, 0.15) is 49.9 Å². The number of rotatable bonds is 8. The van der Waals surface area contributed by atoms with Crippen LogP contribution in [0.2, 0.25) is 0 Å². The van der Waals surface area contributed by atoms with E-state index in [4.69, 9.17) is 4.74 Å². The highest BCUT2D eigenvalue weighted by molar-refractivity contribution is 6.03. The van der Waals surface area contributed by atoms with Gasteiger partial charge in [0.25, 0.3) is 11.8 Å². The smallest absolute Gasteiger partial charge is 0.255 e. The van der Waals surface area contributed by atoms with Gasteiger partial charge in [-0.2, -0.15) is 0 Å². The number of hydrogen-bond acceptors (Lipinski definition) is 5. The number of halogens is 2. The molecule has 3 aromatic rings. The third-order valence-electron chi connectivity index (χ3n) is 6.96. The summed E-state index contributed by atoms with van der Waals surface area (Å²) >= 11 is 0. The maximum Gasteiger partial charge on any atom is 0.255 e. The summed E-state index contributed by atoms with van der Waals surface area (Å²) in [6, 6.07) is 17.3. The van der Waals surface area contributed by atoms with E-state index >= 15 is 0 Å². The van der Waals surface area contributed by atoms with Crippen molar-refractivity contribution in [3.05, 3.63) is 99.9 Å². The van der Waals surface area contributed by atoms with Gasteiger partial charge < -0.3 is 25.4 Å². The lowest BCUT2D eigenvalue weighted by Gasteiger charge is -2.30. The number of hydrogen-bond donors (Lipinski definition) is 3. The first-order chi connectivity index (χ1) is 17.9. The van der Waals surface area contributed by atoms with Crippen LogP contribution in [-0.4, -0.2) is 47.1 Å². The first-order valence-corrected chi connectivity index (χ1v) is 12.5. The van der Waals surface area contributed by atoms with Gasteiger partial charge in [-0.15, -0.1) is 12.4 Å². The molecule has 0 spiro atoms. The Morgan fingerprint density at radius 1 is 1.16 bits per heavy atom. The molecule has 200 valence electrons. The van der Waals surface area contributed by atoms with E-state index in [-0.39, 0.29) is 42.6 Å². The molecule has 3 aromatic carbocycles. The van der Waals surface area contributed by atoms with Crippen molar-refractivity contribution in [2.45, 2.75) is 45.1 Å². The van der Waals surface area contributed by atoms with E-state index in [1.807, 2.05) is 19.1 Å². The van der Waals surface area contributed by atoms with Crippen LogP contribution in [0.25, 0.3) is 0 Å². The minimum absolute atomic E-state index is 0. The van der Waals surface area contributed by atoms with E-state index in [1.165, 1.54) is 23.3 Å². The minimum Gasteiger partial charge on any atom is -0.493 e. The summed E-state index contributed by atoms with van der Waals surface area (Å²) in [4.78, 5) is 27.9. The van der Waals surface area contributed by atoms with Crippen LogP contribution in [0.3, 0.4) is 0 Å². The molecule has 2 aliphatic heterocycles. The van der Waals surface area contributed by atoms with Crippen molar-refractivity contribution in [1.82, 2.24) is 15.5 Å². The minimum atomic E-state index is -0.768. The number of fused-ring (bicyclic) bond motifs is 2. The number of aliphatic hydroxyl groups is 1. The van der Waals surface area contributed by atoms with Gasteiger partial charge in [-0.1, -0.05) is 36.4 Å². The summed E-state index contributed by atoms with van der Waals surface area (Å²) in [5.74, 6) is -0.529. The Hall–Kier alpha value is -3.46. The number of carbonyl (C=O) groups is 2. The fraction of sp³-hybridized carbons (Fsp3) is 0.310. The van der Waals surface area contributed by atoms with Crippen molar-refractivity contribution in [1.29, 1.82) is 0 Å². The second kappa shape index (κ2) is 11.9. The molecule has 9 heteroatoms. The van der Waals surface area contributed by atoms with E-state index in [0.29, 0.717) is 49.5 Å². The Morgan fingerprint density at radius 3 is 2.63 bits per heavy atom. The molecule has 0 saturated heterocycles. The van der Waals surface area contributed by atoms with E-state index in [0.717, 1.165) is 11.1 Å². The molecule has 38 heavy (non-hydrogen) atoms. The van der Waals surface area contributed by atoms with Gasteiger partial charge in [0.2, 0.25) is 0 Å². The summed E-state index contributed by atoms with van der Waals surface area (Å²) in [5, 5.41) is 16.9. The van der Waals surface area contributed by atoms with Crippen molar-refractivity contribution >= 4 is 24.2 Å². The van der Waals surface area contributed by atoms with E-state index < -0.39 is 6.10 Å². The number of amides is 2. The van der Waals surface area contributed by atoms with Gasteiger partial charge in [-0.25, -0.2) is 4.39 Å². The van der Waals surface area contributed by atoms with Gasteiger partial charge in [0.05, 0.1) is 18.3 Å². The molecule has 2 atom stereocenters. The average Bonchev–Trinajstić information content (AvgIpc) is 3.21. The van der Waals surface area contributed by atoms with Crippen molar-refractivity contribution in [3.63, 3.8) is 0 Å². The first kappa shape index (κ1) is 27.6. The number of ether oxygens (including phenoxy) is 1. The van der Waals surface area contributed by atoms with Crippen molar-refractivity contribution in [2.24, 2.45) is 0 Å².